The van der Waals surface area contributed by atoms with Crippen molar-refractivity contribution >= 4 is 0 Å². The lowest BCUT2D eigenvalue weighted by Gasteiger charge is -2.43. The predicted molar refractivity (Wildman–Crippen MR) is 79.5 cm³/mol. The molecule has 2 atom stereocenters. The molecule has 7 heteroatoms. The van der Waals surface area contributed by atoms with Gasteiger partial charge in [0, 0.05) is 22.8 Å². The van der Waals surface area contributed by atoms with Crippen LogP contribution in [0.5, 0.6) is 0 Å². The lowest BCUT2D eigenvalue weighted by atomic mass is 9.72. The number of nitrogens with zero attached hydrogens (tertiary/aromatic N) is 3. The van der Waals surface area contributed by atoms with Crippen LogP contribution in [-0.2, 0) is 6.54 Å². The smallest absolute Gasteiger partial charge is 0.259 e. The Morgan fingerprint density at radius 2 is 1.82 bits per heavy atom. The van der Waals surface area contributed by atoms with Crippen molar-refractivity contribution in [2.24, 2.45) is 0 Å². The van der Waals surface area contributed by atoms with Crippen molar-refractivity contribution < 1.29 is 9.85 Å². The summed E-state index contributed by atoms with van der Waals surface area (Å²) in [6.45, 7) is 0.940. The Morgan fingerprint density at radius 1 is 1.09 bits per heavy atom. The van der Waals surface area contributed by atoms with Crippen LogP contribution in [0.4, 0.5) is 0 Å². The van der Waals surface area contributed by atoms with Gasteiger partial charge in [0.25, 0.3) is 5.54 Å². The van der Waals surface area contributed by atoms with Gasteiger partial charge in [-0.15, -0.1) is 0 Å². The number of fused-ring (bicyclic) bond motifs is 2. The fourth-order valence-corrected chi connectivity index (χ4v) is 3.62. The van der Waals surface area contributed by atoms with Crippen LogP contribution < -0.4 is 0 Å². The monoisotopic (exact) mass is 303 g/mol. The summed E-state index contributed by atoms with van der Waals surface area (Å²) in [5.41, 5.74) is -1.60. The number of hydrogen-bond acceptors (Lipinski definition) is 5. The largest absolute Gasteiger partial charge is 0.285 e. The molecule has 0 aromatic heterocycles. The van der Waals surface area contributed by atoms with E-state index in [2.05, 4.69) is 0 Å². The van der Waals surface area contributed by atoms with Crippen LogP contribution in [0.2, 0.25) is 0 Å². The van der Waals surface area contributed by atoms with E-state index in [4.69, 9.17) is 0 Å². The van der Waals surface area contributed by atoms with Crippen molar-refractivity contribution in [3.8, 4) is 0 Å². The topological polar surface area (TPSA) is 89.5 Å². The minimum atomic E-state index is -1.35. The van der Waals surface area contributed by atoms with E-state index < -0.39 is 11.1 Å². The fourth-order valence-electron chi connectivity index (χ4n) is 3.62. The fraction of sp³-hybridized carbons (Fsp3) is 0.467. The van der Waals surface area contributed by atoms with Gasteiger partial charge in [-0.25, -0.2) is 0 Å². The highest BCUT2D eigenvalue weighted by atomic mass is 16.6. The zero-order valence-electron chi connectivity index (χ0n) is 12.1. The first-order valence-electron chi connectivity index (χ1n) is 7.19. The second-order valence-corrected chi connectivity index (χ2v) is 6.26. The minimum absolute atomic E-state index is 0.0260. The van der Waals surface area contributed by atoms with Crippen molar-refractivity contribution in [1.82, 2.24) is 4.90 Å². The van der Waals surface area contributed by atoms with Crippen LogP contribution in [0.15, 0.2) is 42.5 Å². The molecule has 1 aromatic rings. The Kier molecular flexibility index (Phi) is 3.44. The van der Waals surface area contributed by atoms with Crippen LogP contribution >= 0.6 is 0 Å². The molecule has 22 heavy (non-hydrogen) atoms. The Labute approximate surface area is 127 Å². The molecular formula is C15H17N3O4. The molecule has 0 unspecified atom stereocenters. The Hall–Kier alpha value is -2.28. The molecule has 0 N–H and O–H groups in total. The molecule has 2 bridgehead atoms. The maximum atomic E-state index is 11.6. The summed E-state index contributed by atoms with van der Waals surface area (Å²) < 4.78 is 0. The third-order valence-electron chi connectivity index (χ3n) is 4.58. The highest BCUT2D eigenvalue weighted by Gasteiger charge is 2.62. The molecular weight excluding hydrogens is 286 g/mol. The normalized spacial score (nSPS) is 30.9. The number of rotatable bonds is 4. The average Bonchev–Trinajstić information content (AvgIpc) is 2.47. The van der Waals surface area contributed by atoms with Crippen molar-refractivity contribution in [2.45, 2.75) is 30.5 Å². The van der Waals surface area contributed by atoms with Gasteiger partial charge in [0.05, 0.1) is 19.5 Å². The minimum Gasteiger partial charge on any atom is -0.285 e. The van der Waals surface area contributed by atoms with Crippen LogP contribution in [0.3, 0.4) is 0 Å². The van der Waals surface area contributed by atoms with Gasteiger partial charge in [-0.3, -0.25) is 25.1 Å². The van der Waals surface area contributed by atoms with Crippen molar-refractivity contribution in [3.05, 3.63) is 68.3 Å². The van der Waals surface area contributed by atoms with Gasteiger partial charge in [-0.1, -0.05) is 36.4 Å². The summed E-state index contributed by atoms with van der Waals surface area (Å²) in [5.74, 6) is 0. The molecule has 1 saturated heterocycles. The Bertz CT molecular complexity index is 633. The number of nitro groups is 2. The summed E-state index contributed by atoms with van der Waals surface area (Å²) >= 11 is 0. The van der Waals surface area contributed by atoms with E-state index in [0.717, 1.165) is 5.56 Å². The van der Waals surface area contributed by atoms with Crippen molar-refractivity contribution in [1.29, 1.82) is 0 Å². The maximum absolute atomic E-state index is 11.6. The molecule has 0 radical (unpaired) electrons. The number of hydrogen-bond donors (Lipinski definition) is 0. The Balaban J connectivity index is 1.92. The zero-order chi connectivity index (χ0) is 15.8. The molecule has 116 valence electrons. The molecule has 0 amide bonds. The van der Waals surface area contributed by atoms with E-state index in [1.165, 1.54) is 0 Å². The van der Waals surface area contributed by atoms with E-state index in [9.17, 15) is 20.2 Å². The molecule has 0 spiro atoms. The molecule has 1 heterocycles. The number of benzene rings is 1. The van der Waals surface area contributed by atoms with E-state index in [0.29, 0.717) is 6.54 Å². The molecule has 1 aromatic carbocycles. The van der Waals surface area contributed by atoms with Gasteiger partial charge in [-0.2, -0.15) is 0 Å². The maximum Gasteiger partial charge on any atom is 0.259 e. The quantitative estimate of drug-likeness (QED) is 0.481. The molecule has 0 saturated carbocycles. The second-order valence-electron chi connectivity index (χ2n) is 6.26. The summed E-state index contributed by atoms with van der Waals surface area (Å²) in [6, 6.07) is 9.54. The van der Waals surface area contributed by atoms with E-state index in [1.54, 1.807) is 12.2 Å². The molecule has 1 aliphatic heterocycles. The van der Waals surface area contributed by atoms with E-state index in [-0.39, 0.29) is 35.8 Å². The van der Waals surface area contributed by atoms with Gasteiger partial charge in [-0.05, 0) is 11.6 Å². The van der Waals surface area contributed by atoms with Crippen LogP contribution in [0.1, 0.15) is 18.4 Å². The Morgan fingerprint density at radius 3 is 2.45 bits per heavy atom. The molecule has 7 nitrogen and oxygen atoms in total. The first-order chi connectivity index (χ1) is 10.5. The summed E-state index contributed by atoms with van der Waals surface area (Å²) in [5, 5.41) is 23.1. The lowest BCUT2D eigenvalue weighted by molar-refractivity contribution is -0.619. The first-order valence-corrected chi connectivity index (χ1v) is 7.19. The van der Waals surface area contributed by atoms with Gasteiger partial charge in [0.15, 0.2) is 0 Å². The first kappa shape index (κ1) is 14.6. The molecule has 3 rings (SSSR count). The van der Waals surface area contributed by atoms with Gasteiger partial charge in [0.1, 0.15) is 0 Å². The highest BCUT2D eigenvalue weighted by Crippen LogP contribution is 2.40. The number of likely N-dealkylation sites (tertiary alicyclic amines) is 1. The third-order valence-corrected chi connectivity index (χ3v) is 4.58. The van der Waals surface area contributed by atoms with Crippen molar-refractivity contribution in [2.75, 3.05) is 13.1 Å². The standard InChI is InChI=1S/C15H17N3O4/c19-17(20)14-7-4-8-15(10-14,18(21)22)12-16(11-14)9-13-5-2-1-3-6-13/h1-7H,8-12H2/t14-,15+/m1/s1. The summed E-state index contributed by atoms with van der Waals surface area (Å²) in [4.78, 5) is 24.3. The molecule has 1 aliphatic carbocycles. The lowest BCUT2D eigenvalue weighted by Crippen LogP contribution is -2.65. The number of piperidine rings is 1. The zero-order valence-corrected chi connectivity index (χ0v) is 12.1. The molecule has 2 aliphatic rings. The predicted octanol–water partition coefficient (Wildman–Crippen LogP) is 1.88. The van der Waals surface area contributed by atoms with Crippen LogP contribution in [0, 0.1) is 20.2 Å². The summed E-state index contributed by atoms with van der Waals surface area (Å²) in [7, 11) is 0. The van der Waals surface area contributed by atoms with Crippen LogP contribution in [-0.4, -0.2) is 38.9 Å². The van der Waals surface area contributed by atoms with Gasteiger partial charge < -0.3 is 0 Å². The van der Waals surface area contributed by atoms with Crippen LogP contribution in [0.25, 0.3) is 0 Å². The van der Waals surface area contributed by atoms with E-state index >= 15 is 0 Å². The SMILES string of the molecule is O=[N+]([O-])[C@@]12C=CC[C@@]([N+](=O)[O-])(CN(Cc3ccccc3)C1)C2. The average molecular weight is 303 g/mol. The molecule has 1 fully saturated rings. The van der Waals surface area contributed by atoms with Gasteiger partial charge >= 0.3 is 0 Å². The summed E-state index contributed by atoms with van der Waals surface area (Å²) in [6.07, 6.45) is 3.38. The van der Waals surface area contributed by atoms with Gasteiger partial charge in [0.2, 0.25) is 5.54 Å². The third kappa shape index (κ3) is 2.37. The second kappa shape index (κ2) is 5.17. The highest BCUT2D eigenvalue weighted by molar-refractivity contribution is 5.19. The van der Waals surface area contributed by atoms with Crippen molar-refractivity contribution in [3.63, 3.8) is 0 Å². The van der Waals surface area contributed by atoms with E-state index in [1.807, 2.05) is 35.2 Å².